The van der Waals surface area contributed by atoms with E-state index in [0.29, 0.717) is 13.2 Å². The van der Waals surface area contributed by atoms with E-state index in [-0.39, 0.29) is 18.1 Å². The first-order chi connectivity index (χ1) is 14.4. The lowest BCUT2D eigenvalue weighted by molar-refractivity contribution is -0.0441. The molecule has 2 atom stereocenters. The van der Waals surface area contributed by atoms with E-state index < -0.39 is 5.41 Å². The molecule has 1 aliphatic carbocycles. The molecule has 1 aliphatic heterocycles. The molecular weight excluding hydrogens is 372 g/mol. The molecule has 2 aliphatic rings. The molecule has 0 saturated carbocycles. The predicted molar refractivity (Wildman–Crippen MR) is 119 cm³/mol. The summed E-state index contributed by atoms with van der Waals surface area (Å²) in [6.07, 6.45) is 6.94. The van der Waals surface area contributed by atoms with E-state index in [2.05, 4.69) is 67.5 Å². The Bertz CT molecular complexity index is 1030. The van der Waals surface area contributed by atoms with Crippen molar-refractivity contribution in [2.24, 2.45) is 11.3 Å². The van der Waals surface area contributed by atoms with E-state index in [1.54, 1.807) is 0 Å². The predicted octanol–water partition coefficient (Wildman–Crippen LogP) is 5.99. The molecule has 1 fully saturated rings. The molecule has 0 radical (unpaired) electrons. The van der Waals surface area contributed by atoms with Crippen LogP contribution in [0.1, 0.15) is 60.6 Å². The van der Waals surface area contributed by atoms with E-state index in [4.69, 9.17) is 9.47 Å². The van der Waals surface area contributed by atoms with Gasteiger partial charge in [0.2, 0.25) is 0 Å². The van der Waals surface area contributed by atoms with Gasteiger partial charge in [-0.15, -0.1) is 6.58 Å². The summed E-state index contributed by atoms with van der Waals surface area (Å²) in [5, 5.41) is 9.94. The molecule has 0 bridgehead atoms. The van der Waals surface area contributed by atoms with Crippen molar-refractivity contribution in [2.75, 3.05) is 13.2 Å². The molecule has 4 nitrogen and oxygen atoms in total. The Morgan fingerprint density at radius 1 is 1.23 bits per heavy atom. The summed E-state index contributed by atoms with van der Waals surface area (Å²) in [5.74, 6) is 0.365. The van der Waals surface area contributed by atoms with E-state index in [1.807, 2.05) is 19.9 Å². The number of benzene rings is 1. The largest absolute Gasteiger partial charge is 0.346 e. The minimum absolute atomic E-state index is 0.104. The van der Waals surface area contributed by atoms with Gasteiger partial charge in [-0.3, -0.25) is 0 Å². The molecule has 4 rings (SSSR count). The maximum Gasteiger partial charge on any atom is 0.186 e. The molecule has 1 aromatic heterocycles. The second kappa shape index (κ2) is 7.91. The summed E-state index contributed by atoms with van der Waals surface area (Å²) in [6, 6.07) is 11.1. The van der Waals surface area contributed by atoms with Crippen molar-refractivity contribution >= 4 is 6.08 Å². The smallest absolute Gasteiger partial charge is 0.186 e. The number of nitrogens with zero attached hydrogens (tertiary/aromatic N) is 2. The van der Waals surface area contributed by atoms with Crippen molar-refractivity contribution in [3.8, 4) is 11.8 Å². The fourth-order valence-electron chi connectivity index (χ4n) is 5.07. The molecule has 156 valence electrons. The highest BCUT2D eigenvalue weighted by Gasteiger charge is 2.40. The maximum atomic E-state index is 9.94. The molecular formula is C26H30N2O2. The van der Waals surface area contributed by atoms with Crippen molar-refractivity contribution in [1.82, 2.24) is 4.57 Å². The molecule has 2 aromatic rings. The molecule has 1 aromatic carbocycles. The Balaban J connectivity index is 1.92. The average molecular weight is 403 g/mol. The highest BCUT2D eigenvalue weighted by Crippen LogP contribution is 2.49. The summed E-state index contributed by atoms with van der Waals surface area (Å²) in [7, 11) is 0. The monoisotopic (exact) mass is 402 g/mol. The number of aromatic nitrogens is 1. The van der Waals surface area contributed by atoms with Gasteiger partial charge < -0.3 is 14.0 Å². The van der Waals surface area contributed by atoms with Crippen LogP contribution < -0.4 is 0 Å². The van der Waals surface area contributed by atoms with Gasteiger partial charge in [-0.25, -0.2) is 0 Å². The fourth-order valence-corrected chi connectivity index (χ4v) is 5.07. The highest BCUT2D eigenvalue weighted by molar-refractivity contribution is 5.64. The molecule has 0 amide bonds. The van der Waals surface area contributed by atoms with Crippen LogP contribution in [-0.4, -0.2) is 17.8 Å². The normalized spacial score (nSPS) is 21.4. The van der Waals surface area contributed by atoms with E-state index in [9.17, 15) is 5.26 Å². The number of hydrogen-bond donors (Lipinski definition) is 0. The number of rotatable bonds is 5. The molecule has 2 heterocycles. The third-order valence-corrected chi connectivity index (χ3v) is 6.39. The third kappa shape index (κ3) is 3.33. The molecule has 4 heteroatoms. The highest BCUT2D eigenvalue weighted by atomic mass is 16.7. The molecule has 30 heavy (non-hydrogen) atoms. The van der Waals surface area contributed by atoms with Crippen LogP contribution in [-0.2, 0) is 9.47 Å². The van der Waals surface area contributed by atoms with Crippen LogP contribution in [0.15, 0.2) is 43.0 Å². The topological polar surface area (TPSA) is 47.2 Å². The summed E-state index contributed by atoms with van der Waals surface area (Å²) < 4.78 is 14.0. The number of aryl methyl sites for hydroxylation is 2. The van der Waals surface area contributed by atoms with Gasteiger partial charge in [0, 0.05) is 22.9 Å². The van der Waals surface area contributed by atoms with Crippen molar-refractivity contribution < 1.29 is 9.47 Å². The quantitative estimate of drug-likeness (QED) is 0.577. The first-order valence-electron chi connectivity index (χ1n) is 10.6. The molecule has 0 N–H and O–H groups in total. The maximum absolute atomic E-state index is 9.94. The van der Waals surface area contributed by atoms with Gasteiger partial charge in [-0.05, 0) is 63.3 Å². The first-order valence-corrected chi connectivity index (χ1v) is 10.6. The number of para-hydroxylation sites is 1. The molecule has 1 saturated heterocycles. The van der Waals surface area contributed by atoms with Crippen molar-refractivity contribution in [1.29, 1.82) is 5.26 Å². The zero-order chi connectivity index (χ0) is 21.5. The number of nitriles is 1. The van der Waals surface area contributed by atoms with E-state index >= 15 is 0 Å². The Hall–Kier alpha value is -2.61. The van der Waals surface area contributed by atoms with Gasteiger partial charge in [-0.2, -0.15) is 5.26 Å². The molecule has 0 spiro atoms. The van der Waals surface area contributed by atoms with Crippen LogP contribution in [0, 0.1) is 36.5 Å². The van der Waals surface area contributed by atoms with Crippen LogP contribution in [0.2, 0.25) is 0 Å². The summed E-state index contributed by atoms with van der Waals surface area (Å²) in [5.41, 5.74) is 6.38. The summed E-state index contributed by atoms with van der Waals surface area (Å²) in [6.45, 7) is 13.5. The summed E-state index contributed by atoms with van der Waals surface area (Å²) in [4.78, 5) is 0. The Morgan fingerprint density at radius 2 is 1.97 bits per heavy atom. The lowest BCUT2D eigenvalue weighted by Crippen LogP contribution is -2.28. The lowest BCUT2D eigenvalue weighted by atomic mass is 9.66. The Labute approximate surface area is 179 Å². The van der Waals surface area contributed by atoms with Crippen LogP contribution in [0.5, 0.6) is 0 Å². The average Bonchev–Trinajstić information content (AvgIpc) is 3.35. The van der Waals surface area contributed by atoms with Crippen LogP contribution in [0.3, 0.4) is 0 Å². The van der Waals surface area contributed by atoms with Crippen molar-refractivity contribution in [3.05, 3.63) is 71.1 Å². The van der Waals surface area contributed by atoms with Crippen LogP contribution in [0.25, 0.3) is 11.8 Å². The second-order valence-corrected chi connectivity index (χ2v) is 8.91. The number of ether oxygens (including phenoxy) is 2. The molecule has 0 unspecified atom stereocenters. The van der Waals surface area contributed by atoms with Gasteiger partial charge in [0.05, 0.1) is 30.4 Å². The standard InChI is InChI=1S/C26H30N2O2/c1-6-8-19-11-12-22-21(23(19)26(4,5)16-27)15-18(3)28(22)24-17(2)9-7-10-20(24)25-29-13-14-30-25/h6-7,9-12,15,19,23,25H,1,8,13-14H2,2-5H3/t19-,23+/m1/s1. The van der Waals surface area contributed by atoms with Gasteiger partial charge in [-0.1, -0.05) is 30.4 Å². The minimum Gasteiger partial charge on any atom is -0.346 e. The minimum atomic E-state index is -0.488. The zero-order valence-corrected chi connectivity index (χ0v) is 18.3. The van der Waals surface area contributed by atoms with Gasteiger partial charge >= 0.3 is 0 Å². The van der Waals surface area contributed by atoms with Crippen molar-refractivity contribution in [3.63, 3.8) is 0 Å². The SMILES string of the molecule is C=CC[C@@H]1C=Cc2c(cc(C)n2-c2c(C)cccc2C2OCCO2)[C@H]1C(C)(C)C#N. The first kappa shape index (κ1) is 20.7. The number of fused-ring (bicyclic) bond motifs is 1. The van der Waals surface area contributed by atoms with Gasteiger partial charge in [0.25, 0.3) is 0 Å². The lowest BCUT2D eigenvalue weighted by Gasteiger charge is -2.36. The van der Waals surface area contributed by atoms with Gasteiger partial charge in [0.15, 0.2) is 6.29 Å². The number of hydrogen-bond acceptors (Lipinski definition) is 3. The Morgan fingerprint density at radius 3 is 2.63 bits per heavy atom. The van der Waals surface area contributed by atoms with Crippen LogP contribution in [0.4, 0.5) is 0 Å². The summed E-state index contributed by atoms with van der Waals surface area (Å²) >= 11 is 0. The fraction of sp³-hybridized carbons (Fsp3) is 0.423. The van der Waals surface area contributed by atoms with E-state index in [0.717, 1.165) is 29.1 Å². The third-order valence-electron chi connectivity index (χ3n) is 6.39. The Kier molecular flexibility index (Phi) is 5.44. The number of allylic oxidation sites excluding steroid dienone is 2. The van der Waals surface area contributed by atoms with Gasteiger partial charge in [0.1, 0.15) is 0 Å². The second-order valence-electron chi connectivity index (χ2n) is 8.91. The zero-order valence-electron chi connectivity index (χ0n) is 18.3. The van der Waals surface area contributed by atoms with Crippen LogP contribution >= 0.6 is 0 Å². The van der Waals surface area contributed by atoms with E-state index in [1.165, 1.54) is 11.1 Å². The van der Waals surface area contributed by atoms with Crippen molar-refractivity contribution in [2.45, 2.75) is 46.3 Å².